The topological polar surface area (TPSA) is 0 Å². The molecule has 1 aliphatic carbocycles. The predicted molar refractivity (Wildman–Crippen MR) is 17.3 cm³/mol. The predicted octanol–water partition coefficient (Wildman–Crippen LogP) is 0.732. The lowest BCUT2D eigenvalue weighted by Crippen LogP contribution is -2.00. The summed E-state index contributed by atoms with van der Waals surface area (Å²) in [6.07, 6.45) is -0.338. The second-order valence-electron chi connectivity index (χ2n) is 0.993. The van der Waals surface area contributed by atoms with Crippen LogP contribution in [0.4, 0.5) is 4.39 Å². The highest BCUT2D eigenvalue weighted by Crippen LogP contribution is 2.00. The molecule has 5 heavy (non-hydrogen) atoms. The summed E-state index contributed by atoms with van der Waals surface area (Å²) < 4.78 is 11.3. The summed E-state index contributed by atoms with van der Waals surface area (Å²) in [5, 5.41) is 0. The summed E-state index contributed by atoms with van der Waals surface area (Å²) in [4.78, 5) is 0. The Hall–Kier alpha value is -0.510. The molecule has 0 aromatic heterocycles. The monoisotopic (exact) mass is 70.0 g/mol. The van der Waals surface area contributed by atoms with Gasteiger partial charge in [0.25, 0.3) is 0 Å². The maximum atomic E-state index is 11.3. The summed E-state index contributed by atoms with van der Waals surface area (Å²) in [6, 6.07) is 0. The van der Waals surface area contributed by atoms with Crippen molar-refractivity contribution in [2.45, 2.75) is 12.6 Å². The molecule has 1 heteroatoms. The van der Waals surface area contributed by atoms with Crippen molar-refractivity contribution in [3.63, 3.8) is 0 Å². The molecule has 1 aliphatic rings. The fraction of sp³-hybridized carbons (Fsp3) is 0.500. The van der Waals surface area contributed by atoms with Gasteiger partial charge in [0.15, 0.2) is 6.17 Å². The summed E-state index contributed by atoms with van der Waals surface area (Å²) in [5.41, 5.74) is 0. The molecule has 0 saturated heterocycles. The molecule has 0 aromatic carbocycles. The average Bonchev–Trinajstić information content (AvgIpc) is 1.30. The van der Waals surface area contributed by atoms with Crippen molar-refractivity contribution in [2.24, 2.45) is 0 Å². The molecule has 0 saturated carbocycles. The molecule has 1 rings (SSSR count). The van der Waals surface area contributed by atoms with E-state index in [-0.39, 0.29) is 0 Å². The highest BCUT2D eigenvalue weighted by molar-refractivity contribution is 5.17. The highest BCUT2D eigenvalue weighted by Gasteiger charge is 2.02. The van der Waals surface area contributed by atoms with Crippen molar-refractivity contribution in [1.29, 1.82) is 0 Å². The van der Waals surface area contributed by atoms with Crippen molar-refractivity contribution in [3.05, 3.63) is 0 Å². The van der Waals surface area contributed by atoms with Crippen molar-refractivity contribution >= 4 is 0 Å². The number of hydrogen-bond donors (Lipinski definition) is 0. The Morgan fingerprint density at radius 2 is 2.20 bits per heavy atom. The van der Waals surface area contributed by atoms with E-state index >= 15 is 0 Å². The van der Waals surface area contributed by atoms with E-state index in [9.17, 15) is 4.39 Å². The molecule has 0 aliphatic heterocycles. The first-order valence-corrected chi connectivity index (χ1v) is 1.52. The van der Waals surface area contributed by atoms with Gasteiger partial charge in [-0.25, -0.2) is 4.39 Å². The first-order valence-electron chi connectivity index (χ1n) is 1.52. The van der Waals surface area contributed by atoms with Crippen LogP contribution in [0.1, 0.15) is 6.42 Å². The van der Waals surface area contributed by atoms with Crippen LogP contribution in [0.15, 0.2) is 0 Å². The normalized spacial score (nSPS) is 30.2. The molecule has 0 fully saturated rings. The van der Waals surface area contributed by atoms with E-state index < -0.39 is 6.17 Å². The minimum atomic E-state index is -0.796. The van der Waals surface area contributed by atoms with Crippen LogP contribution in [0.2, 0.25) is 0 Å². The van der Waals surface area contributed by atoms with Crippen molar-refractivity contribution in [1.82, 2.24) is 0 Å². The largest absolute Gasteiger partial charge is 0.232 e. The zero-order valence-electron chi connectivity index (χ0n) is 2.66. The van der Waals surface area contributed by atoms with Gasteiger partial charge in [-0.05, 0) is 0 Å². The van der Waals surface area contributed by atoms with Crippen LogP contribution >= 0.6 is 0 Å². The standard InChI is InChI=1S/C4H3F/c5-4-2-1-3-4/h4H,2H2/t4-/m0/s1. The number of alkyl halides is 1. The third kappa shape index (κ3) is 0.257. The third-order valence-electron chi connectivity index (χ3n) is 0.540. The lowest BCUT2D eigenvalue weighted by molar-refractivity contribution is 0.405. The maximum absolute atomic E-state index is 11.3. The molecular formula is C4H3F. The van der Waals surface area contributed by atoms with Gasteiger partial charge in [-0.15, -0.1) is 0 Å². The Labute approximate surface area is 30.0 Å². The van der Waals surface area contributed by atoms with Crippen LogP contribution in [0, 0.1) is 11.8 Å². The van der Waals surface area contributed by atoms with Crippen LogP contribution in [-0.4, -0.2) is 6.17 Å². The van der Waals surface area contributed by atoms with Gasteiger partial charge >= 0.3 is 0 Å². The van der Waals surface area contributed by atoms with Crippen LogP contribution < -0.4 is 0 Å². The van der Waals surface area contributed by atoms with Crippen LogP contribution in [0.25, 0.3) is 0 Å². The third-order valence-corrected chi connectivity index (χ3v) is 0.540. The number of hydrogen-bond acceptors (Lipinski definition) is 0. The van der Waals surface area contributed by atoms with Gasteiger partial charge < -0.3 is 0 Å². The highest BCUT2D eigenvalue weighted by atomic mass is 19.1. The quantitative estimate of drug-likeness (QED) is 0.368. The van der Waals surface area contributed by atoms with E-state index in [1.165, 1.54) is 0 Å². The Bertz CT molecular complexity index is 85.6. The molecule has 0 aromatic rings. The minimum absolute atomic E-state index is 0.458. The van der Waals surface area contributed by atoms with Crippen molar-refractivity contribution < 1.29 is 4.39 Å². The van der Waals surface area contributed by atoms with Gasteiger partial charge in [-0.1, -0.05) is 11.8 Å². The molecule has 0 nitrogen and oxygen atoms in total. The fourth-order valence-electron chi connectivity index (χ4n) is 0.179. The Balaban J connectivity index is 2.52. The zero-order chi connectivity index (χ0) is 3.70. The van der Waals surface area contributed by atoms with E-state index in [0.29, 0.717) is 6.42 Å². The Morgan fingerprint density at radius 3 is 2.20 bits per heavy atom. The molecule has 0 amide bonds. The number of rotatable bonds is 0. The summed E-state index contributed by atoms with van der Waals surface area (Å²) in [6.45, 7) is 0. The molecule has 0 heterocycles. The minimum Gasteiger partial charge on any atom is -0.232 e. The molecule has 1 atom stereocenters. The molecule has 26 valence electrons. The van der Waals surface area contributed by atoms with E-state index in [2.05, 4.69) is 11.8 Å². The molecule has 0 spiro atoms. The van der Waals surface area contributed by atoms with Gasteiger partial charge in [-0.3, -0.25) is 0 Å². The molecule has 0 bridgehead atoms. The SMILES string of the molecule is F[C@@H]1C#CC1. The van der Waals surface area contributed by atoms with Gasteiger partial charge in [0.05, 0.1) is 6.42 Å². The van der Waals surface area contributed by atoms with E-state index in [4.69, 9.17) is 0 Å². The van der Waals surface area contributed by atoms with Gasteiger partial charge in [0.1, 0.15) is 0 Å². The molecule has 0 unspecified atom stereocenters. The summed E-state index contributed by atoms with van der Waals surface area (Å²) >= 11 is 0. The Kier molecular flexibility index (Phi) is 0.390. The molecule has 0 radical (unpaired) electrons. The molecular weight excluding hydrogens is 67.0 g/mol. The van der Waals surface area contributed by atoms with Gasteiger partial charge in [-0.2, -0.15) is 0 Å². The first-order chi connectivity index (χ1) is 2.39. The van der Waals surface area contributed by atoms with Crippen LogP contribution in [0.5, 0.6) is 0 Å². The van der Waals surface area contributed by atoms with Crippen LogP contribution in [0.3, 0.4) is 0 Å². The zero-order valence-corrected chi connectivity index (χ0v) is 2.66. The second-order valence-corrected chi connectivity index (χ2v) is 0.993. The van der Waals surface area contributed by atoms with Crippen molar-refractivity contribution in [3.8, 4) is 11.8 Å². The first kappa shape index (κ1) is 2.71. The van der Waals surface area contributed by atoms with E-state index in [0.717, 1.165) is 0 Å². The number of halogens is 1. The summed E-state index contributed by atoms with van der Waals surface area (Å²) in [7, 11) is 0. The smallest absolute Gasteiger partial charge is 0.171 e. The molecule has 0 N–H and O–H groups in total. The average molecular weight is 70.1 g/mol. The van der Waals surface area contributed by atoms with E-state index in [1.54, 1.807) is 0 Å². The van der Waals surface area contributed by atoms with Gasteiger partial charge in [0, 0.05) is 0 Å². The maximum Gasteiger partial charge on any atom is 0.171 e. The lowest BCUT2D eigenvalue weighted by Gasteiger charge is -1.96. The second kappa shape index (κ2) is 0.718. The lowest BCUT2D eigenvalue weighted by atomic mass is 10.2. The fourth-order valence-corrected chi connectivity index (χ4v) is 0.179. The van der Waals surface area contributed by atoms with E-state index in [1.807, 2.05) is 0 Å². The van der Waals surface area contributed by atoms with Crippen molar-refractivity contribution in [2.75, 3.05) is 0 Å². The summed E-state index contributed by atoms with van der Waals surface area (Å²) in [5.74, 6) is 4.83. The Morgan fingerprint density at radius 1 is 1.80 bits per heavy atom. The van der Waals surface area contributed by atoms with Crippen LogP contribution in [-0.2, 0) is 0 Å². The van der Waals surface area contributed by atoms with Gasteiger partial charge in [0.2, 0.25) is 0 Å².